The van der Waals surface area contributed by atoms with Gasteiger partial charge in [0.05, 0.1) is 11.7 Å². The number of hydrazine groups is 1. The number of hydrogen-bond donors (Lipinski definition) is 2. The van der Waals surface area contributed by atoms with Crippen molar-refractivity contribution >= 4 is 0 Å². The zero-order valence-corrected chi connectivity index (χ0v) is 9.96. The molecule has 0 aliphatic heterocycles. The van der Waals surface area contributed by atoms with Crippen LogP contribution in [0.5, 0.6) is 0 Å². The zero-order chi connectivity index (χ0) is 12.3. The number of hydrogen-bond acceptors (Lipinski definition) is 5. The lowest BCUT2D eigenvalue weighted by Gasteiger charge is -2.14. The molecule has 0 radical (unpaired) electrons. The summed E-state index contributed by atoms with van der Waals surface area (Å²) in [6.45, 7) is 2.01. The molecule has 2 rings (SSSR count). The molecule has 2 aromatic heterocycles. The summed E-state index contributed by atoms with van der Waals surface area (Å²) in [5.74, 6) is 5.58. The van der Waals surface area contributed by atoms with Gasteiger partial charge in [0.2, 0.25) is 0 Å². The summed E-state index contributed by atoms with van der Waals surface area (Å²) in [6.07, 6.45) is 6.20. The Balaban J connectivity index is 2.16. The van der Waals surface area contributed by atoms with Crippen LogP contribution in [0.4, 0.5) is 0 Å². The summed E-state index contributed by atoms with van der Waals surface area (Å²) >= 11 is 0. The van der Waals surface area contributed by atoms with E-state index in [1.54, 1.807) is 4.68 Å². The molecule has 0 bridgehead atoms. The molecule has 2 aromatic rings. The van der Waals surface area contributed by atoms with Gasteiger partial charge in [0.25, 0.3) is 0 Å². The molecule has 0 saturated carbocycles. The number of aryl methyl sites for hydroxylation is 2. The van der Waals surface area contributed by atoms with Gasteiger partial charge in [-0.1, -0.05) is 11.3 Å². The van der Waals surface area contributed by atoms with Crippen LogP contribution in [0.25, 0.3) is 0 Å². The van der Waals surface area contributed by atoms with Crippen molar-refractivity contribution in [1.82, 2.24) is 25.4 Å². The van der Waals surface area contributed by atoms with Crippen molar-refractivity contribution in [2.75, 3.05) is 0 Å². The highest BCUT2D eigenvalue weighted by Gasteiger charge is 2.13. The minimum atomic E-state index is -0.000833. The third-order valence-corrected chi connectivity index (χ3v) is 2.56. The molecule has 6 heteroatoms. The first-order valence-electron chi connectivity index (χ1n) is 5.42. The normalized spacial score (nSPS) is 12.6. The van der Waals surface area contributed by atoms with Gasteiger partial charge >= 0.3 is 0 Å². The summed E-state index contributed by atoms with van der Waals surface area (Å²) in [7, 11) is 1.84. The highest BCUT2D eigenvalue weighted by atomic mass is 15.4. The molecular weight excluding hydrogens is 216 g/mol. The van der Waals surface area contributed by atoms with E-state index in [0.717, 1.165) is 16.8 Å². The van der Waals surface area contributed by atoms with Crippen LogP contribution in [0.2, 0.25) is 0 Å². The van der Waals surface area contributed by atoms with E-state index in [-0.39, 0.29) is 6.04 Å². The Morgan fingerprint density at radius 3 is 2.88 bits per heavy atom. The maximum Gasteiger partial charge on any atom is 0.0846 e. The maximum absolute atomic E-state index is 5.58. The molecular formula is C11H16N6. The Morgan fingerprint density at radius 1 is 1.47 bits per heavy atom. The fourth-order valence-corrected chi connectivity index (χ4v) is 1.74. The van der Waals surface area contributed by atoms with Crippen molar-refractivity contribution < 1.29 is 0 Å². The van der Waals surface area contributed by atoms with Crippen LogP contribution in [0.1, 0.15) is 22.9 Å². The largest absolute Gasteiger partial charge is 0.271 e. The molecule has 0 spiro atoms. The first-order chi connectivity index (χ1) is 8.19. The van der Waals surface area contributed by atoms with Crippen LogP contribution in [-0.4, -0.2) is 20.0 Å². The molecule has 6 nitrogen and oxygen atoms in total. The lowest BCUT2D eigenvalue weighted by Crippen LogP contribution is -2.29. The third kappa shape index (κ3) is 2.86. The van der Waals surface area contributed by atoms with Crippen LogP contribution in [0.3, 0.4) is 0 Å². The highest BCUT2D eigenvalue weighted by Crippen LogP contribution is 2.16. The van der Waals surface area contributed by atoms with E-state index in [2.05, 4.69) is 26.8 Å². The molecule has 0 saturated heterocycles. The average Bonchev–Trinajstić information content (AvgIpc) is 2.72. The van der Waals surface area contributed by atoms with E-state index in [0.29, 0.717) is 6.42 Å². The average molecular weight is 232 g/mol. The lowest BCUT2D eigenvalue weighted by molar-refractivity contribution is 0.543. The summed E-state index contributed by atoms with van der Waals surface area (Å²) in [6, 6.07) is 2.06. The standard InChI is InChI=1S/C11H16N6/c1-8-3-9(6-13-5-8)11(14-12)4-10-7-17(2)16-15-10/h3,5-7,11,14H,4,12H2,1-2H3. The van der Waals surface area contributed by atoms with Crippen LogP contribution in [0, 0.1) is 6.92 Å². The molecule has 0 aliphatic rings. The van der Waals surface area contributed by atoms with E-state index < -0.39 is 0 Å². The van der Waals surface area contributed by atoms with Crippen molar-refractivity contribution in [1.29, 1.82) is 0 Å². The Hall–Kier alpha value is -1.79. The fraction of sp³-hybridized carbons (Fsp3) is 0.364. The van der Waals surface area contributed by atoms with Crippen molar-refractivity contribution in [3.63, 3.8) is 0 Å². The first-order valence-corrected chi connectivity index (χ1v) is 5.42. The van der Waals surface area contributed by atoms with Crippen molar-refractivity contribution in [3.8, 4) is 0 Å². The van der Waals surface area contributed by atoms with Crippen molar-refractivity contribution in [2.24, 2.45) is 12.9 Å². The minimum absolute atomic E-state index is 0.000833. The van der Waals surface area contributed by atoms with Gasteiger partial charge in [0.1, 0.15) is 0 Å². The van der Waals surface area contributed by atoms with Crippen LogP contribution >= 0.6 is 0 Å². The molecule has 1 atom stereocenters. The Bertz CT molecular complexity index is 492. The minimum Gasteiger partial charge on any atom is -0.271 e. The van der Waals surface area contributed by atoms with E-state index in [1.165, 1.54) is 0 Å². The second-order valence-corrected chi connectivity index (χ2v) is 4.10. The molecule has 90 valence electrons. The Morgan fingerprint density at radius 2 is 2.29 bits per heavy atom. The predicted molar refractivity (Wildman–Crippen MR) is 63.7 cm³/mol. The van der Waals surface area contributed by atoms with Gasteiger partial charge in [-0.3, -0.25) is 20.9 Å². The number of nitrogens with two attached hydrogens (primary N) is 1. The number of pyridine rings is 1. The summed E-state index contributed by atoms with van der Waals surface area (Å²) < 4.78 is 1.68. The van der Waals surface area contributed by atoms with E-state index >= 15 is 0 Å². The van der Waals surface area contributed by atoms with Gasteiger partial charge in [-0.05, 0) is 18.1 Å². The second kappa shape index (κ2) is 5.03. The monoisotopic (exact) mass is 232 g/mol. The second-order valence-electron chi connectivity index (χ2n) is 4.10. The first kappa shape index (κ1) is 11.7. The van der Waals surface area contributed by atoms with Gasteiger partial charge in [0, 0.05) is 32.1 Å². The summed E-state index contributed by atoms with van der Waals surface area (Å²) in [4.78, 5) is 4.16. The molecule has 0 aliphatic carbocycles. The topological polar surface area (TPSA) is 81.7 Å². The van der Waals surface area contributed by atoms with Crippen molar-refractivity contribution in [3.05, 3.63) is 41.5 Å². The van der Waals surface area contributed by atoms with Crippen LogP contribution in [0.15, 0.2) is 24.7 Å². The summed E-state index contributed by atoms with van der Waals surface area (Å²) in [5, 5.41) is 7.95. The fourth-order valence-electron chi connectivity index (χ4n) is 1.74. The van der Waals surface area contributed by atoms with Crippen molar-refractivity contribution in [2.45, 2.75) is 19.4 Å². The Labute approximate surface area is 99.8 Å². The Kier molecular flexibility index (Phi) is 3.46. The van der Waals surface area contributed by atoms with Gasteiger partial charge in [-0.2, -0.15) is 0 Å². The lowest BCUT2D eigenvalue weighted by atomic mass is 10.0. The predicted octanol–water partition coefficient (Wildman–Crippen LogP) is 0.266. The molecule has 3 N–H and O–H groups in total. The van der Waals surface area contributed by atoms with Gasteiger partial charge in [-0.25, -0.2) is 0 Å². The molecule has 0 amide bonds. The summed E-state index contributed by atoms with van der Waals surface area (Å²) in [5.41, 5.74) is 5.85. The van der Waals surface area contributed by atoms with Gasteiger partial charge < -0.3 is 0 Å². The third-order valence-electron chi connectivity index (χ3n) is 2.56. The van der Waals surface area contributed by atoms with E-state index in [9.17, 15) is 0 Å². The maximum atomic E-state index is 5.58. The van der Waals surface area contributed by atoms with E-state index in [1.807, 2.05) is 32.6 Å². The smallest absolute Gasteiger partial charge is 0.0846 e. The van der Waals surface area contributed by atoms with Gasteiger partial charge in [0.15, 0.2) is 0 Å². The molecule has 0 aromatic carbocycles. The van der Waals surface area contributed by atoms with Crippen LogP contribution < -0.4 is 11.3 Å². The number of nitrogens with zero attached hydrogens (tertiary/aromatic N) is 4. The number of aromatic nitrogens is 4. The molecule has 0 fully saturated rings. The quantitative estimate of drug-likeness (QED) is 0.584. The molecule has 1 unspecified atom stereocenters. The van der Waals surface area contributed by atoms with Gasteiger partial charge in [-0.15, -0.1) is 5.10 Å². The zero-order valence-electron chi connectivity index (χ0n) is 9.96. The van der Waals surface area contributed by atoms with Crippen LogP contribution in [-0.2, 0) is 13.5 Å². The highest BCUT2D eigenvalue weighted by molar-refractivity contribution is 5.21. The van der Waals surface area contributed by atoms with E-state index in [4.69, 9.17) is 5.84 Å². The number of rotatable bonds is 4. The SMILES string of the molecule is Cc1cncc(C(Cc2cn(C)nn2)NN)c1. The number of nitrogens with one attached hydrogen (secondary N) is 1. The molecule has 17 heavy (non-hydrogen) atoms. The molecule has 2 heterocycles.